The normalized spacial score (nSPS) is 19.6. The third-order valence-electron chi connectivity index (χ3n) is 3.42. The van der Waals surface area contributed by atoms with E-state index < -0.39 is 17.6 Å². The number of nitrogens with one attached hydrogen (secondary N) is 1. The number of carbonyl (C=O) groups is 2. The van der Waals surface area contributed by atoms with Crippen molar-refractivity contribution in [1.82, 2.24) is 0 Å². The minimum Gasteiger partial charge on any atom is -0.291 e. The van der Waals surface area contributed by atoms with Gasteiger partial charge in [-0.2, -0.15) is 5.26 Å². The monoisotopic (exact) mass is 252 g/mol. The van der Waals surface area contributed by atoms with E-state index in [1.54, 1.807) is 12.1 Å². The van der Waals surface area contributed by atoms with Gasteiger partial charge in [0.25, 0.3) is 0 Å². The zero-order valence-corrected chi connectivity index (χ0v) is 10.2. The first-order valence-corrected chi connectivity index (χ1v) is 6.00. The van der Waals surface area contributed by atoms with Crippen LogP contribution in [0.2, 0.25) is 0 Å². The first-order valence-electron chi connectivity index (χ1n) is 6.00. The Labute approximate surface area is 110 Å². The molecule has 1 fully saturated rings. The van der Waals surface area contributed by atoms with Crippen LogP contribution in [-0.2, 0) is 9.59 Å². The lowest BCUT2D eigenvalue weighted by Crippen LogP contribution is -2.22. The zero-order valence-electron chi connectivity index (χ0n) is 10.2. The second-order valence-electron chi connectivity index (χ2n) is 4.47. The van der Waals surface area contributed by atoms with Crippen LogP contribution in [-0.4, -0.2) is 17.4 Å². The molecular formula is C15H12N2O2. The van der Waals surface area contributed by atoms with Gasteiger partial charge in [0, 0.05) is 18.3 Å². The van der Waals surface area contributed by atoms with E-state index in [9.17, 15) is 9.59 Å². The highest BCUT2D eigenvalue weighted by Gasteiger charge is 2.40. The summed E-state index contributed by atoms with van der Waals surface area (Å²) < 4.78 is 0. The Bertz CT molecular complexity index is 607. The zero-order chi connectivity index (χ0) is 13.8. The van der Waals surface area contributed by atoms with E-state index in [1.807, 2.05) is 24.3 Å². The number of nitrogens with zero attached hydrogens (tertiary/aromatic N) is 1. The fourth-order valence-corrected chi connectivity index (χ4v) is 2.50. The molecule has 1 aromatic rings. The Morgan fingerprint density at radius 2 is 2.00 bits per heavy atom. The van der Waals surface area contributed by atoms with Crippen LogP contribution in [0.3, 0.4) is 0 Å². The Morgan fingerprint density at radius 3 is 2.47 bits per heavy atom. The molecule has 1 aliphatic rings. The molecule has 4 nitrogen and oxygen atoms in total. The predicted octanol–water partition coefficient (Wildman–Crippen LogP) is 2.02. The average Bonchev–Trinajstić information content (AvgIpc) is 2.77. The van der Waals surface area contributed by atoms with Gasteiger partial charge < -0.3 is 0 Å². The van der Waals surface area contributed by atoms with Gasteiger partial charge in [0.1, 0.15) is 6.07 Å². The first-order chi connectivity index (χ1) is 9.19. The lowest BCUT2D eigenvalue weighted by molar-refractivity contribution is -0.135. The third-order valence-corrected chi connectivity index (χ3v) is 3.42. The molecule has 1 saturated carbocycles. The quantitative estimate of drug-likeness (QED) is 0.507. The van der Waals surface area contributed by atoms with Crippen molar-refractivity contribution >= 4 is 17.4 Å². The van der Waals surface area contributed by atoms with Crippen LogP contribution in [0.15, 0.2) is 35.9 Å². The fraction of sp³-hybridized carbons (Fsp3) is 0.267. The van der Waals surface area contributed by atoms with Crippen molar-refractivity contribution in [3.63, 3.8) is 0 Å². The van der Waals surface area contributed by atoms with Gasteiger partial charge in [-0.15, -0.1) is 0 Å². The standard InChI is InChI=1S/C15H12N2O2/c16-8-11(9-17)14(10-4-2-1-3-5-10)12-6-7-13(18)15(12)19/h1-5,12,14,16H,6-7H2/t12?,14-/m0/s1. The number of hydrogen-bond donors (Lipinski definition) is 1. The van der Waals surface area contributed by atoms with Crippen molar-refractivity contribution in [3.8, 4) is 6.07 Å². The maximum absolute atomic E-state index is 11.9. The number of nitriles is 1. The fourth-order valence-electron chi connectivity index (χ4n) is 2.50. The molecule has 1 N–H and O–H groups in total. The summed E-state index contributed by atoms with van der Waals surface area (Å²) in [6.07, 6.45) is 0.660. The summed E-state index contributed by atoms with van der Waals surface area (Å²) in [5.41, 5.74) is 0.867. The molecule has 94 valence electrons. The molecule has 0 bridgehead atoms. The maximum Gasteiger partial charge on any atom is 0.202 e. The Balaban J connectivity index is 2.48. The van der Waals surface area contributed by atoms with Gasteiger partial charge in [-0.25, -0.2) is 0 Å². The van der Waals surface area contributed by atoms with Crippen LogP contribution in [0.1, 0.15) is 24.3 Å². The summed E-state index contributed by atoms with van der Waals surface area (Å²) in [4.78, 5) is 23.3. The summed E-state index contributed by atoms with van der Waals surface area (Å²) in [5.74, 6) is 0.211. The molecule has 0 radical (unpaired) electrons. The highest BCUT2D eigenvalue weighted by Crippen LogP contribution is 2.37. The van der Waals surface area contributed by atoms with Gasteiger partial charge in [-0.05, 0) is 17.9 Å². The van der Waals surface area contributed by atoms with E-state index in [1.165, 1.54) is 0 Å². The van der Waals surface area contributed by atoms with Crippen LogP contribution < -0.4 is 0 Å². The molecule has 1 aromatic carbocycles. The summed E-state index contributed by atoms with van der Waals surface area (Å²) in [5, 5.41) is 16.3. The highest BCUT2D eigenvalue weighted by molar-refractivity contribution is 6.40. The van der Waals surface area contributed by atoms with Crippen molar-refractivity contribution in [2.24, 2.45) is 5.92 Å². The molecule has 1 aliphatic carbocycles. The van der Waals surface area contributed by atoms with Gasteiger partial charge in [0.15, 0.2) is 5.78 Å². The second-order valence-corrected chi connectivity index (χ2v) is 4.47. The number of Topliss-reactive ketones (excluding diaryl/α,β-unsaturated/α-hetero) is 2. The molecule has 0 amide bonds. The third kappa shape index (κ3) is 2.37. The smallest absolute Gasteiger partial charge is 0.202 e. The summed E-state index contributed by atoms with van der Waals surface area (Å²) >= 11 is 0. The van der Waals surface area contributed by atoms with E-state index in [4.69, 9.17) is 10.7 Å². The van der Waals surface area contributed by atoms with Crippen LogP contribution in [0.25, 0.3) is 0 Å². The molecule has 0 spiro atoms. The summed E-state index contributed by atoms with van der Waals surface area (Å²) in [6.45, 7) is 0. The topological polar surface area (TPSA) is 81.8 Å². The van der Waals surface area contributed by atoms with Crippen LogP contribution in [0.4, 0.5) is 0 Å². The van der Waals surface area contributed by atoms with E-state index >= 15 is 0 Å². The molecule has 19 heavy (non-hydrogen) atoms. The molecule has 1 unspecified atom stereocenters. The Hall–Kier alpha value is -2.50. The summed E-state index contributed by atoms with van der Waals surface area (Å²) in [7, 11) is 0. The first kappa shape index (κ1) is 12.9. The molecule has 0 aromatic heterocycles. The largest absolute Gasteiger partial charge is 0.291 e. The number of benzene rings is 1. The SMILES string of the molecule is N#CC(=C=N)[C@H](c1ccccc1)C1CCC(=O)C1=O. The van der Waals surface area contributed by atoms with Crippen molar-refractivity contribution in [1.29, 1.82) is 10.7 Å². The van der Waals surface area contributed by atoms with Gasteiger partial charge in [-0.3, -0.25) is 15.0 Å². The second kappa shape index (κ2) is 5.43. The predicted molar refractivity (Wildman–Crippen MR) is 68.8 cm³/mol. The number of hydrogen-bond acceptors (Lipinski definition) is 4. The number of rotatable bonds is 3. The highest BCUT2D eigenvalue weighted by atomic mass is 16.2. The van der Waals surface area contributed by atoms with E-state index in [0.29, 0.717) is 6.42 Å². The van der Waals surface area contributed by atoms with Crippen LogP contribution in [0.5, 0.6) is 0 Å². The average molecular weight is 252 g/mol. The number of carbonyl (C=O) groups excluding carboxylic acids is 2. The van der Waals surface area contributed by atoms with E-state index in [-0.39, 0.29) is 17.8 Å². The van der Waals surface area contributed by atoms with Gasteiger partial charge in [0.2, 0.25) is 5.78 Å². The molecule has 0 aliphatic heterocycles. The van der Waals surface area contributed by atoms with Gasteiger partial charge in [-0.1, -0.05) is 30.3 Å². The maximum atomic E-state index is 11.9. The number of allylic oxidation sites excluding steroid dienone is 1. The molecule has 4 heteroatoms. The Morgan fingerprint density at radius 1 is 1.32 bits per heavy atom. The number of ketones is 2. The van der Waals surface area contributed by atoms with Gasteiger partial charge >= 0.3 is 0 Å². The lowest BCUT2D eigenvalue weighted by atomic mass is 9.80. The van der Waals surface area contributed by atoms with Crippen LogP contribution in [0, 0.1) is 22.7 Å². The Kier molecular flexibility index (Phi) is 3.70. The minimum absolute atomic E-state index is 0.0965. The lowest BCUT2D eigenvalue weighted by Gasteiger charge is -2.20. The summed E-state index contributed by atoms with van der Waals surface area (Å²) in [6, 6.07) is 11.0. The van der Waals surface area contributed by atoms with E-state index in [2.05, 4.69) is 5.87 Å². The molecular weight excluding hydrogens is 240 g/mol. The molecule has 2 rings (SSSR count). The molecule has 2 atom stereocenters. The van der Waals surface area contributed by atoms with Gasteiger partial charge in [0.05, 0.1) is 5.57 Å². The van der Waals surface area contributed by atoms with E-state index in [0.717, 1.165) is 5.56 Å². The molecule has 0 saturated heterocycles. The molecule has 0 heterocycles. The van der Waals surface area contributed by atoms with Crippen molar-refractivity contribution in [3.05, 3.63) is 41.5 Å². The van der Waals surface area contributed by atoms with Crippen LogP contribution >= 0.6 is 0 Å². The minimum atomic E-state index is -0.539. The van der Waals surface area contributed by atoms with Crippen molar-refractivity contribution in [2.75, 3.05) is 0 Å². The van der Waals surface area contributed by atoms with Crippen molar-refractivity contribution < 1.29 is 9.59 Å². The van der Waals surface area contributed by atoms with Crippen molar-refractivity contribution in [2.45, 2.75) is 18.8 Å².